The van der Waals surface area contributed by atoms with Gasteiger partial charge in [-0.2, -0.15) is 0 Å². The molecule has 0 atom stereocenters. The highest BCUT2D eigenvalue weighted by molar-refractivity contribution is 5.56. The summed E-state index contributed by atoms with van der Waals surface area (Å²) in [6.45, 7) is 5.94. The van der Waals surface area contributed by atoms with E-state index >= 15 is 0 Å². The van der Waals surface area contributed by atoms with Gasteiger partial charge in [0.15, 0.2) is 11.6 Å². The highest BCUT2D eigenvalue weighted by Gasteiger charge is 2.03. The van der Waals surface area contributed by atoms with Gasteiger partial charge in [-0.1, -0.05) is 58.8 Å². The minimum absolute atomic E-state index is 0.707. The van der Waals surface area contributed by atoms with Crippen molar-refractivity contribution in [3.8, 4) is 22.9 Å². The molecule has 0 aliphatic rings. The Bertz CT molecular complexity index is 611. The van der Waals surface area contributed by atoms with Crippen LogP contribution >= 0.6 is 0 Å². The molecule has 0 saturated carbocycles. The maximum atomic E-state index is 5.83. The summed E-state index contributed by atoms with van der Waals surface area (Å²) in [4.78, 5) is 8.82. The lowest BCUT2D eigenvalue weighted by Gasteiger charge is -2.08. The molecule has 0 radical (unpaired) electrons. The molecule has 0 aliphatic heterocycles. The lowest BCUT2D eigenvalue weighted by Crippen LogP contribution is -1.99. The van der Waals surface area contributed by atoms with Crippen LogP contribution in [0.3, 0.4) is 0 Å². The highest BCUT2D eigenvalue weighted by atomic mass is 16.5. The van der Waals surface area contributed by atoms with E-state index in [0.29, 0.717) is 5.82 Å². The van der Waals surface area contributed by atoms with Crippen molar-refractivity contribution in [1.82, 2.24) is 9.97 Å². The average molecular weight is 371 g/mol. The van der Waals surface area contributed by atoms with Gasteiger partial charge in [0.05, 0.1) is 25.6 Å². The molecule has 2 aromatic rings. The summed E-state index contributed by atoms with van der Waals surface area (Å²) < 4.78 is 11.5. The van der Waals surface area contributed by atoms with Crippen LogP contribution in [0.15, 0.2) is 36.7 Å². The first-order valence-corrected chi connectivity index (χ1v) is 10.5. The van der Waals surface area contributed by atoms with Gasteiger partial charge in [0.2, 0.25) is 0 Å². The summed E-state index contributed by atoms with van der Waals surface area (Å²) in [5, 5.41) is 0. The van der Waals surface area contributed by atoms with Gasteiger partial charge in [0.1, 0.15) is 5.75 Å². The molecule has 0 fully saturated rings. The maximum absolute atomic E-state index is 5.83. The Labute approximate surface area is 164 Å². The maximum Gasteiger partial charge on any atom is 0.159 e. The monoisotopic (exact) mass is 370 g/mol. The molecule has 0 spiro atoms. The van der Waals surface area contributed by atoms with Crippen LogP contribution in [0.25, 0.3) is 11.4 Å². The Morgan fingerprint density at radius 3 is 1.81 bits per heavy atom. The molecule has 0 bridgehead atoms. The number of rotatable bonds is 14. The zero-order valence-electron chi connectivity index (χ0n) is 17.0. The van der Waals surface area contributed by atoms with Gasteiger partial charge in [0, 0.05) is 5.56 Å². The molecule has 0 aliphatic carbocycles. The van der Waals surface area contributed by atoms with Crippen molar-refractivity contribution >= 4 is 0 Å². The number of benzene rings is 1. The highest BCUT2D eigenvalue weighted by Crippen LogP contribution is 2.20. The molecule has 148 valence electrons. The first kappa shape index (κ1) is 21.2. The molecule has 1 heterocycles. The number of ether oxygens (including phenoxy) is 2. The van der Waals surface area contributed by atoms with Crippen LogP contribution < -0.4 is 9.47 Å². The molecule has 4 nitrogen and oxygen atoms in total. The molecule has 0 unspecified atom stereocenters. The molecule has 0 saturated heterocycles. The van der Waals surface area contributed by atoms with Crippen molar-refractivity contribution in [2.75, 3.05) is 13.2 Å². The fraction of sp³-hybridized carbons (Fsp3) is 0.565. The zero-order valence-corrected chi connectivity index (χ0v) is 17.0. The van der Waals surface area contributed by atoms with E-state index in [1.54, 1.807) is 12.4 Å². The van der Waals surface area contributed by atoms with Gasteiger partial charge < -0.3 is 9.47 Å². The fourth-order valence-electron chi connectivity index (χ4n) is 2.85. The quantitative estimate of drug-likeness (QED) is 0.358. The Morgan fingerprint density at radius 1 is 0.630 bits per heavy atom. The van der Waals surface area contributed by atoms with E-state index in [2.05, 4.69) is 23.8 Å². The average Bonchev–Trinajstić information content (AvgIpc) is 2.71. The molecule has 4 heteroatoms. The number of aromatic nitrogens is 2. The summed E-state index contributed by atoms with van der Waals surface area (Å²) in [6.07, 6.45) is 14.6. The molecule has 2 rings (SSSR count). The minimum atomic E-state index is 0.707. The van der Waals surface area contributed by atoms with Crippen LogP contribution in [0.5, 0.6) is 11.5 Å². The Balaban J connectivity index is 1.72. The fourth-order valence-corrected chi connectivity index (χ4v) is 2.85. The van der Waals surface area contributed by atoms with Crippen molar-refractivity contribution < 1.29 is 9.47 Å². The molecular formula is C23H34N2O2. The number of nitrogens with zero attached hydrogens (tertiary/aromatic N) is 2. The third-order valence-corrected chi connectivity index (χ3v) is 4.52. The largest absolute Gasteiger partial charge is 0.494 e. The van der Waals surface area contributed by atoms with Crippen LogP contribution in [-0.2, 0) is 0 Å². The van der Waals surface area contributed by atoms with Crippen molar-refractivity contribution in [2.45, 2.75) is 71.6 Å². The Hall–Kier alpha value is -2.10. The SMILES string of the molecule is CCCCCCCCOc1ccc(-c2ncc(OCCCCC)cn2)cc1. The van der Waals surface area contributed by atoms with E-state index in [0.717, 1.165) is 43.1 Å². The Morgan fingerprint density at radius 2 is 1.15 bits per heavy atom. The van der Waals surface area contributed by atoms with Crippen molar-refractivity contribution in [3.63, 3.8) is 0 Å². The summed E-state index contributed by atoms with van der Waals surface area (Å²) in [7, 11) is 0. The summed E-state index contributed by atoms with van der Waals surface area (Å²) >= 11 is 0. The van der Waals surface area contributed by atoms with E-state index in [9.17, 15) is 0 Å². The minimum Gasteiger partial charge on any atom is -0.494 e. The second-order valence-electron chi connectivity index (χ2n) is 6.94. The van der Waals surface area contributed by atoms with Gasteiger partial charge in [-0.3, -0.25) is 0 Å². The predicted octanol–water partition coefficient (Wildman–Crippen LogP) is 6.45. The summed E-state index contributed by atoms with van der Waals surface area (Å²) in [6, 6.07) is 8.00. The molecule has 1 aromatic carbocycles. The Kier molecular flexibility index (Phi) is 10.3. The predicted molar refractivity (Wildman–Crippen MR) is 111 cm³/mol. The molecule has 27 heavy (non-hydrogen) atoms. The van der Waals surface area contributed by atoms with Gasteiger partial charge in [-0.05, 0) is 37.1 Å². The van der Waals surface area contributed by atoms with Crippen molar-refractivity contribution in [3.05, 3.63) is 36.7 Å². The van der Waals surface area contributed by atoms with Gasteiger partial charge in [-0.25, -0.2) is 9.97 Å². The lowest BCUT2D eigenvalue weighted by atomic mass is 10.1. The van der Waals surface area contributed by atoms with Crippen molar-refractivity contribution in [1.29, 1.82) is 0 Å². The molecule has 0 amide bonds. The first-order valence-electron chi connectivity index (χ1n) is 10.5. The second-order valence-corrected chi connectivity index (χ2v) is 6.94. The third-order valence-electron chi connectivity index (χ3n) is 4.52. The second kappa shape index (κ2) is 13.1. The van der Waals surface area contributed by atoms with Gasteiger partial charge >= 0.3 is 0 Å². The van der Waals surface area contributed by atoms with Gasteiger partial charge in [0.25, 0.3) is 0 Å². The number of unbranched alkanes of at least 4 members (excludes halogenated alkanes) is 7. The standard InChI is InChI=1S/C23H34N2O2/c1-3-5-7-8-9-11-17-26-21-14-12-20(13-15-21)23-24-18-22(19-25-23)27-16-10-6-4-2/h12-15,18-19H,3-11,16-17H2,1-2H3. The van der Waals surface area contributed by atoms with Crippen LogP contribution in [0.2, 0.25) is 0 Å². The van der Waals surface area contributed by atoms with Crippen LogP contribution in [-0.4, -0.2) is 23.2 Å². The van der Waals surface area contributed by atoms with Crippen LogP contribution in [0.4, 0.5) is 0 Å². The van der Waals surface area contributed by atoms with Crippen molar-refractivity contribution in [2.24, 2.45) is 0 Å². The zero-order chi connectivity index (χ0) is 19.2. The van der Waals surface area contributed by atoms with E-state index in [-0.39, 0.29) is 0 Å². The normalized spacial score (nSPS) is 10.7. The number of hydrogen-bond acceptors (Lipinski definition) is 4. The van der Waals surface area contributed by atoms with E-state index < -0.39 is 0 Å². The topological polar surface area (TPSA) is 44.2 Å². The smallest absolute Gasteiger partial charge is 0.159 e. The summed E-state index contributed by atoms with van der Waals surface area (Å²) in [5.74, 6) is 2.34. The van der Waals surface area contributed by atoms with E-state index in [1.807, 2.05) is 24.3 Å². The molecule has 1 aromatic heterocycles. The lowest BCUT2D eigenvalue weighted by molar-refractivity contribution is 0.304. The van der Waals surface area contributed by atoms with E-state index in [1.165, 1.54) is 44.9 Å². The molecule has 0 N–H and O–H groups in total. The van der Waals surface area contributed by atoms with E-state index in [4.69, 9.17) is 9.47 Å². The molecular weight excluding hydrogens is 336 g/mol. The summed E-state index contributed by atoms with van der Waals surface area (Å²) in [5.41, 5.74) is 0.986. The third kappa shape index (κ3) is 8.42. The van der Waals surface area contributed by atoms with Crippen LogP contribution in [0.1, 0.15) is 71.6 Å². The first-order chi connectivity index (χ1) is 13.3. The van der Waals surface area contributed by atoms with Gasteiger partial charge in [-0.15, -0.1) is 0 Å². The number of hydrogen-bond donors (Lipinski definition) is 0. The van der Waals surface area contributed by atoms with Crippen LogP contribution in [0, 0.1) is 0 Å².